The molecule has 0 fully saturated rings. The van der Waals surface area contributed by atoms with Crippen LogP contribution in [-0.2, 0) is 0 Å². The summed E-state index contributed by atoms with van der Waals surface area (Å²) in [4.78, 5) is 7.51. The summed E-state index contributed by atoms with van der Waals surface area (Å²) >= 11 is 0. The van der Waals surface area contributed by atoms with Crippen molar-refractivity contribution in [3.05, 3.63) is 219 Å². The van der Waals surface area contributed by atoms with E-state index in [1.54, 1.807) is 0 Å². The van der Waals surface area contributed by atoms with Crippen LogP contribution in [0, 0.1) is 0 Å². The molecule has 0 bridgehead atoms. The van der Waals surface area contributed by atoms with E-state index in [2.05, 4.69) is 233 Å². The van der Waals surface area contributed by atoms with Gasteiger partial charge in [-0.3, -0.25) is 4.98 Å². The van der Waals surface area contributed by atoms with Crippen LogP contribution in [0.5, 0.6) is 0 Å². The Kier molecular flexibility index (Phi) is 7.78. The van der Waals surface area contributed by atoms with E-state index in [9.17, 15) is 0 Å². The summed E-state index contributed by atoms with van der Waals surface area (Å²) in [6.07, 6.45) is 2.05. The van der Waals surface area contributed by atoms with Gasteiger partial charge in [0.15, 0.2) is 0 Å². The maximum absolute atomic E-state index is 5.19. The lowest BCUT2D eigenvalue weighted by Crippen LogP contribution is -2.10. The minimum atomic E-state index is 0.933. The molecule has 0 saturated heterocycles. The van der Waals surface area contributed by atoms with Crippen LogP contribution < -0.4 is 4.90 Å². The molecule has 0 spiro atoms. The number of aromatic nitrogens is 3. The van der Waals surface area contributed by atoms with Gasteiger partial charge in [0, 0.05) is 61.7 Å². The third-order valence-electron chi connectivity index (χ3n) is 11.2. The topological polar surface area (TPSA) is 26.0 Å². The summed E-state index contributed by atoms with van der Waals surface area (Å²) in [5.41, 5.74) is 14.5. The van der Waals surface area contributed by atoms with E-state index in [1.807, 2.05) is 0 Å². The van der Waals surface area contributed by atoms with Gasteiger partial charge in [0.05, 0.1) is 27.8 Å². The second-order valence-electron chi connectivity index (χ2n) is 14.4. The lowest BCUT2D eigenvalue weighted by Gasteiger charge is -2.26. The zero-order chi connectivity index (χ0) is 37.7. The first kappa shape index (κ1) is 32.7. The first-order valence-corrected chi connectivity index (χ1v) is 19.4. The van der Waals surface area contributed by atoms with Gasteiger partial charge in [-0.1, -0.05) is 133 Å². The van der Waals surface area contributed by atoms with E-state index in [0.29, 0.717) is 0 Å². The molecule has 0 amide bonds. The molecule has 0 aliphatic carbocycles. The first-order valence-electron chi connectivity index (χ1n) is 19.4. The first-order chi connectivity index (χ1) is 28.3. The fourth-order valence-corrected chi connectivity index (χ4v) is 8.57. The second-order valence-corrected chi connectivity index (χ2v) is 14.4. The third-order valence-corrected chi connectivity index (χ3v) is 11.2. The van der Waals surface area contributed by atoms with Crippen molar-refractivity contribution in [1.82, 2.24) is 14.1 Å². The molecule has 3 heterocycles. The molecule has 0 aliphatic rings. The molecule has 4 heteroatoms. The van der Waals surface area contributed by atoms with Crippen LogP contribution in [0.3, 0.4) is 0 Å². The van der Waals surface area contributed by atoms with Gasteiger partial charge in [0.25, 0.3) is 0 Å². The molecular weight excluding hydrogens is 693 g/mol. The van der Waals surface area contributed by atoms with Gasteiger partial charge >= 0.3 is 0 Å². The number of rotatable bonds is 7. The Morgan fingerprint density at radius 2 is 0.860 bits per heavy atom. The zero-order valence-electron chi connectivity index (χ0n) is 31.1. The summed E-state index contributed by atoms with van der Waals surface area (Å²) in [7, 11) is 0. The van der Waals surface area contributed by atoms with Crippen LogP contribution in [0.1, 0.15) is 0 Å². The van der Waals surface area contributed by atoms with Crippen molar-refractivity contribution in [3.63, 3.8) is 0 Å². The molecule has 0 N–H and O–H groups in total. The quantitative estimate of drug-likeness (QED) is 0.163. The van der Waals surface area contributed by atoms with Gasteiger partial charge in [-0.05, 0) is 90.0 Å². The highest BCUT2D eigenvalue weighted by Gasteiger charge is 2.20. The van der Waals surface area contributed by atoms with Crippen LogP contribution in [0.4, 0.5) is 17.1 Å². The normalized spacial score (nSPS) is 11.5. The van der Waals surface area contributed by atoms with Gasteiger partial charge in [-0.25, -0.2) is 0 Å². The van der Waals surface area contributed by atoms with Crippen molar-refractivity contribution in [2.45, 2.75) is 0 Å². The van der Waals surface area contributed by atoms with Crippen LogP contribution in [-0.4, -0.2) is 14.1 Å². The van der Waals surface area contributed by atoms with Crippen molar-refractivity contribution in [3.8, 4) is 33.8 Å². The molecule has 0 radical (unpaired) electrons. The van der Waals surface area contributed by atoms with E-state index in [0.717, 1.165) is 61.6 Å². The maximum Gasteiger partial charge on any atom is 0.0744 e. The molecule has 0 saturated carbocycles. The molecule has 11 aromatic rings. The van der Waals surface area contributed by atoms with Crippen LogP contribution in [0.15, 0.2) is 219 Å². The highest BCUT2D eigenvalue weighted by atomic mass is 15.1. The van der Waals surface area contributed by atoms with Crippen molar-refractivity contribution >= 4 is 60.7 Å². The van der Waals surface area contributed by atoms with Gasteiger partial charge in [0.2, 0.25) is 0 Å². The Morgan fingerprint density at radius 1 is 0.351 bits per heavy atom. The molecule has 57 heavy (non-hydrogen) atoms. The Labute approximate surface area is 330 Å². The van der Waals surface area contributed by atoms with E-state index in [4.69, 9.17) is 4.98 Å². The molecule has 0 aliphatic heterocycles. The Hall–Kier alpha value is -7.69. The summed E-state index contributed by atoms with van der Waals surface area (Å²) in [6, 6.07) is 75.8. The Morgan fingerprint density at radius 3 is 1.56 bits per heavy atom. The standard InChI is InChI=1S/C53H36N4/c1-4-15-37(16-5-1)38-27-29-41(30-28-38)55(39-17-6-2-7-18-39)42-31-33-43(34-32-42)57-51-26-13-10-21-44(51)46-23-14-24-47(53(46)57)49-35-52-48(36-54-49)45-22-11-12-25-50(45)56(52)40-19-8-3-9-20-40/h1-36H. The molecule has 268 valence electrons. The van der Waals surface area contributed by atoms with Crippen molar-refractivity contribution in [1.29, 1.82) is 0 Å². The average molecular weight is 729 g/mol. The highest BCUT2D eigenvalue weighted by Crippen LogP contribution is 2.41. The minimum Gasteiger partial charge on any atom is -0.311 e. The number of hydrogen-bond acceptors (Lipinski definition) is 2. The van der Waals surface area contributed by atoms with Crippen molar-refractivity contribution in [2.24, 2.45) is 0 Å². The van der Waals surface area contributed by atoms with Gasteiger partial charge in [0.1, 0.15) is 0 Å². The number of anilines is 3. The third kappa shape index (κ3) is 5.50. The predicted molar refractivity (Wildman–Crippen MR) is 238 cm³/mol. The van der Waals surface area contributed by atoms with E-state index in [-0.39, 0.29) is 0 Å². The Bertz CT molecular complexity index is 3200. The Balaban J connectivity index is 1.07. The minimum absolute atomic E-state index is 0.933. The molecule has 3 aromatic heterocycles. The lowest BCUT2D eigenvalue weighted by atomic mass is 10.0. The number of fused-ring (bicyclic) bond motifs is 6. The average Bonchev–Trinajstić information content (AvgIpc) is 3.81. The van der Waals surface area contributed by atoms with Crippen LogP contribution in [0.25, 0.3) is 77.4 Å². The summed E-state index contributed by atoms with van der Waals surface area (Å²) < 4.78 is 4.77. The van der Waals surface area contributed by atoms with Crippen LogP contribution in [0.2, 0.25) is 0 Å². The lowest BCUT2D eigenvalue weighted by molar-refractivity contribution is 1.17. The van der Waals surface area contributed by atoms with E-state index >= 15 is 0 Å². The van der Waals surface area contributed by atoms with Gasteiger partial charge in [-0.15, -0.1) is 0 Å². The number of para-hydroxylation sites is 5. The van der Waals surface area contributed by atoms with Gasteiger partial charge in [-0.2, -0.15) is 0 Å². The number of benzene rings is 8. The number of pyridine rings is 1. The fraction of sp³-hybridized carbons (Fsp3) is 0. The van der Waals surface area contributed by atoms with E-state index in [1.165, 1.54) is 32.8 Å². The monoisotopic (exact) mass is 728 g/mol. The molecule has 8 aromatic carbocycles. The summed E-state index contributed by atoms with van der Waals surface area (Å²) in [5, 5.41) is 4.74. The van der Waals surface area contributed by atoms with E-state index < -0.39 is 0 Å². The highest BCUT2D eigenvalue weighted by molar-refractivity contribution is 6.15. The molecule has 4 nitrogen and oxygen atoms in total. The summed E-state index contributed by atoms with van der Waals surface area (Å²) in [5.74, 6) is 0. The van der Waals surface area contributed by atoms with Crippen LogP contribution >= 0.6 is 0 Å². The largest absolute Gasteiger partial charge is 0.311 e. The zero-order valence-corrected chi connectivity index (χ0v) is 31.1. The molecule has 0 unspecified atom stereocenters. The smallest absolute Gasteiger partial charge is 0.0744 e. The SMILES string of the molecule is c1ccc(-c2ccc(N(c3ccccc3)c3ccc(-n4c5ccccc5c5cccc(-c6cc7c(cn6)c6ccccc6n7-c6ccccc6)c54)cc3)cc2)cc1. The molecule has 0 atom stereocenters. The van der Waals surface area contributed by atoms with Crippen molar-refractivity contribution < 1.29 is 0 Å². The molecule has 11 rings (SSSR count). The molecular formula is C53H36N4. The fourth-order valence-electron chi connectivity index (χ4n) is 8.57. The summed E-state index contributed by atoms with van der Waals surface area (Å²) in [6.45, 7) is 0. The number of nitrogens with zero attached hydrogens (tertiary/aromatic N) is 4. The second kappa shape index (κ2) is 13.6. The van der Waals surface area contributed by atoms with Crippen molar-refractivity contribution in [2.75, 3.05) is 4.90 Å². The van der Waals surface area contributed by atoms with Gasteiger partial charge < -0.3 is 14.0 Å². The maximum atomic E-state index is 5.19. The number of hydrogen-bond donors (Lipinski definition) is 0. The predicted octanol–water partition coefficient (Wildman–Crippen LogP) is 14.1.